The number of esters is 1. The van der Waals surface area contributed by atoms with Gasteiger partial charge < -0.3 is 20.3 Å². The molecule has 0 rings (SSSR count). The summed E-state index contributed by atoms with van der Waals surface area (Å²) in [5.41, 5.74) is 0. The van der Waals surface area contributed by atoms with Crippen LogP contribution >= 0.6 is 0 Å². The molecule has 84 heavy (non-hydrogen) atoms. The van der Waals surface area contributed by atoms with Gasteiger partial charge in [-0.3, -0.25) is 9.59 Å². The van der Waals surface area contributed by atoms with Crippen molar-refractivity contribution in [3.8, 4) is 0 Å². The Balaban J connectivity index is 3.37. The average Bonchev–Trinajstić information content (AvgIpc) is 3.53. The third kappa shape index (κ3) is 69.4. The molecule has 0 aromatic rings. The van der Waals surface area contributed by atoms with Crippen LogP contribution < -0.4 is 5.32 Å². The lowest BCUT2D eigenvalue weighted by Crippen LogP contribution is -2.45. The molecular formula is C78H151NO5. The lowest BCUT2D eigenvalue weighted by molar-refractivity contribution is -0.143. The number of ether oxygens (including phenoxy) is 1. The SMILES string of the molecule is CCCCCCCCCCCCCCCCCCCC/C=C/C(O)C(CO)NC(=O)CCCCCCCCCCCCCCCCCC/C=C\CCCCCCCCCCCCCCOC(=O)CCCCCCCCCCCCCCCCC. The van der Waals surface area contributed by atoms with Gasteiger partial charge in [-0.1, -0.05) is 391 Å². The van der Waals surface area contributed by atoms with E-state index in [1.54, 1.807) is 6.08 Å². The number of nitrogens with one attached hydrogen (secondary N) is 1. The Kier molecular flexibility index (Phi) is 72.3. The zero-order valence-electron chi connectivity index (χ0n) is 57.2. The Morgan fingerprint density at radius 2 is 0.560 bits per heavy atom. The summed E-state index contributed by atoms with van der Waals surface area (Å²) in [6.45, 7) is 4.96. The highest BCUT2D eigenvalue weighted by atomic mass is 16.5. The maximum absolute atomic E-state index is 12.5. The molecule has 6 nitrogen and oxygen atoms in total. The molecule has 0 aromatic heterocycles. The molecule has 0 fully saturated rings. The van der Waals surface area contributed by atoms with Crippen molar-refractivity contribution in [1.82, 2.24) is 5.32 Å². The zero-order valence-corrected chi connectivity index (χ0v) is 57.2. The van der Waals surface area contributed by atoms with E-state index in [0.29, 0.717) is 19.4 Å². The van der Waals surface area contributed by atoms with Crippen LogP contribution in [0.5, 0.6) is 0 Å². The second-order valence-corrected chi connectivity index (χ2v) is 26.7. The van der Waals surface area contributed by atoms with E-state index in [1.807, 2.05) is 6.08 Å². The summed E-state index contributed by atoms with van der Waals surface area (Å²) in [5, 5.41) is 23.3. The maximum Gasteiger partial charge on any atom is 0.305 e. The van der Waals surface area contributed by atoms with Gasteiger partial charge in [0, 0.05) is 12.8 Å². The van der Waals surface area contributed by atoms with E-state index >= 15 is 0 Å². The Morgan fingerprint density at radius 1 is 0.321 bits per heavy atom. The van der Waals surface area contributed by atoms with Crippen molar-refractivity contribution < 1.29 is 24.5 Å². The Bertz CT molecular complexity index is 1320. The van der Waals surface area contributed by atoms with Crippen molar-refractivity contribution in [3.05, 3.63) is 24.3 Å². The quantitative estimate of drug-likeness (QED) is 0.0320. The molecule has 0 heterocycles. The topological polar surface area (TPSA) is 95.9 Å². The second-order valence-electron chi connectivity index (χ2n) is 26.7. The minimum atomic E-state index is -0.843. The molecule has 6 heteroatoms. The van der Waals surface area contributed by atoms with Crippen LogP contribution in [0.3, 0.4) is 0 Å². The van der Waals surface area contributed by atoms with Crippen LogP contribution in [0.25, 0.3) is 0 Å². The van der Waals surface area contributed by atoms with Crippen molar-refractivity contribution in [2.24, 2.45) is 0 Å². The van der Waals surface area contributed by atoms with Gasteiger partial charge in [0.2, 0.25) is 5.91 Å². The number of hydrogen-bond donors (Lipinski definition) is 3. The number of aliphatic hydroxyl groups is 2. The third-order valence-electron chi connectivity index (χ3n) is 18.2. The van der Waals surface area contributed by atoms with Crippen LogP contribution in [0.1, 0.15) is 438 Å². The summed E-state index contributed by atoms with van der Waals surface area (Å²) in [7, 11) is 0. The molecule has 0 aliphatic carbocycles. The number of rotatable bonds is 73. The van der Waals surface area contributed by atoms with Gasteiger partial charge in [-0.15, -0.1) is 0 Å². The number of allylic oxidation sites excluding steroid dienone is 3. The summed E-state index contributed by atoms with van der Waals surface area (Å²) in [6.07, 6.45) is 94.3. The zero-order chi connectivity index (χ0) is 60.6. The third-order valence-corrected chi connectivity index (χ3v) is 18.2. The fourth-order valence-electron chi connectivity index (χ4n) is 12.3. The van der Waals surface area contributed by atoms with Crippen LogP contribution in [0.2, 0.25) is 0 Å². The molecule has 0 radical (unpaired) electrons. The van der Waals surface area contributed by atoms with Gasteiger partial charge in [0.25, 0.3) is 0 Å². The minimum absolute atomic E-state index is 0.0218. The van der Waals surface area contributed by atoms with Crippen LogP contribution in [-0.2, 0) is 14.3 Å². The highest BCUT2D eigenvalue weighted by Gasteiger charge is 2.18. The largest absolute Gasteiger partial charge is 0.466 e. The van der Waals surface area contributed by atoms with Gasteiger partial charge >= 0.3 is 5.97 Å². The molecule has 0 bridgehead atoms. The lowest BCUT2D eigenvalue weighted by atomic mass is 10.0. The molecule has 1 amide bonds. The Morgan fingerprint density at radius 3 is 0.845 bits per heavy atom. The Hall–Kier alpha value is -1.66. The minimum Gasteiger partial charge on any atom is -0.466 e. The van der Waals surface area contributed by atoms with E-state index in [-0.39, 0.29) is 18.5 Å². The van der Waals surface area contributed by atoms with Gasteiger partial charge in [0.05, 0.1) is 25.4 Å². The van der Waals surface area contributed by atoms with Crippen molar-refractivity contribution in [2.45, 2.75) is 450 Å². The van der Waals surface area contributed by atoms with Crippen LogP contribution in [-0.4, -0.2) is 47.4 Å². The molecule has 0 aliphatic heterocycles. The first kappa shape index (κ1) is 82.3. The van der Waals surface area contributed by atoms with Gasteiger partial charge in [0.15, 0.2) is 0 Å². The van der Waals surface area contributed by atoms with E-state index in [9.17, 15) is 19.8 Å². The highest BCUT2D eigenvalue weighted by Crippen LogP contribution is 2.19. The van der Waals surface area contributed by atoms with Crippen molar-refractivity contribution in [1.29, 1.82) is 0 Å². The average molecular weight is 1180 g/mol. The molecule has 0 saturated carbocycles. The molecule has 0 aliphatic rings. The van der Waals surface area contributed by atoms with Crippen LogP contribution in [0.4, 0.5) is 0 Å². The standard InChI is InChI=1S/C78H151NO5/c1-3-5-7-9-11-13-15-17-19-20-21-36-39-43-46-50-54-58-62-66-70-76(81)75(74-80)79-77(82)71-67-63-59-55-51-47-44-40-37-34-32-30-28-26-24-22-23-25-27-29-31-33-35-38-41-45-49-53-57-61-65-69-73-84-78(83)72-68-64-60-56-52-48-42-18-16-14-12-10-8-6-4-2/h25,27,66,70,75-76,80-81H,3-24,26,28-65,67-69,71-74H2,1-2H3,(H,79,82)/b27-25-,70-66+. The summed E-state index contributed by atoms with van der Waals surface area (Å²) < 4.78 is 5.50. The molecular weight excluding hydrogens is 1030 g/mol. The number of carbonyl (C=O) groups is 2. The molecule has 2 atom stereocenters. The fraction of sp³-hybridized carbons (Fsp3) is 0.923. The van der Waals surface area contributed by atoms with E-state index in [2.05, 4.69) is 31.3 Å². The van der Waals surface area contributed by atoms with Crippen molar-refractivity contribution >= 4 is 11.9 Å². The Labute approximate surface area is 526 Å². The summed E-state index contributed by atoms with van der Waals surface area (Å²) in [5.74, 6) is -0.0391. The lowest BCUT2D eigenvalue weighted by Gasteiger charge is -2.20. The van der Waals surface area contributed by atoms with Crippen LogP contribution in [0, 0.1) is 0 Å². The van der Waals surface area contributed by atoms with Gasteiger partial charge in [-0.25, -0.2) is 0 Å². The summed E-state index contributed by atoms with van der Waals surface area (Å²) in [4.78, 5) is 24.6. The number of carbonyl (C=O) groups excluding carboxylic acids is 2. The second kappa shape index (κ2) is 73.8. The molecule has 2 unspecified atom stereocenters. The normalized spacial score (nSPS) is 12.6. The smallest absolute Gasteiger partial charge is 0.305 e. The van der Waals surface area contributed by atoms with Crippen LogP contribution in [0.15, 0.2) is 24.3 Å². The van der Waals surface area contributed by atoms with Gasteiger partial charge in [-0.05, 0) is 57.8 Å². The molecule has 0 aromatic carbocycles. The van der Waals surface area contributed by atoms with Crippen molar-refractivity contribution in [2.75, 3.05) is 13.2 Å². The monoisotopic (exact) mass is 1180 g/mol. The molecule has 3 N–H and O–H groups in total. The number of unbranched alkanes of at least 4 members (excludes halogenated alkanes) is 60. The van der Waals surface area contributed by atoms with E-state index in [1.165, 1.54) is 372 Å². The van der Waals surface area contributed by atoms with Gasteiger partial charge in [-0.2, -0.15) is 0 Å². The number of amides is 1. The predicted molar refractivity (Wildman–Crippen MR) is 370 cm³/mol. The highest BCUT2D eigenvalue weighted by molar-refractivity contribution is 5.76. The summed E-state index contributed by atoms with van der Waals surface area (Å²) >= 11 is 0. The predicted octanol–water partition coefficient (Wildman–Crippen LogP) is 25.3. The number of hydrogen-bond acceptors (Lipinski definition) is 5. The fourth-order valence-corrected chi connectivity index (χ4v) is 12.3. The summed E-state index contributed by atoms with van der Waals surface area (Å²) in [6, 6.07) is -0.626. The molecule has 0 spiro atoms. The first-order valence-corrected chi connectivity index (χ1v) is 38.6. The maximum atomic E-state index is 12.5. The number of aliphatic hydroxyl groups excluding tert-OH is 2. The van der Waals surface area contributed by atoms with Gasteiger partial charge in [0.1, 0.15) is 0 Å². The van der Waals surface area contributed by atoms with E-state index in [0.717, 1.165) is 38.5 Å². The molecule has 498 valence electrons. The first-order valence-electron chi connectivity index (χ1n) is 38.6. The molecule has 0 saturated heterocycles. The first-order chi connectivity index (χ1) is 41.5. The van der Waals surface area contributed by atoms with E-state index < -0.39 is 12.1 Å². The van der Waals surface area contributed by atoms with Crippen molar-refractivity contribution in [3.63, 3.8) is 0 Å². The van der Waals surface area contributed by atoms with E-state index in [4.69, 9.17) is 4.74 Å².